The van der Waals surface area contributed by atoms with Crippen molar-refractivity contribution in [2.24, 2.45) is 0 Å². The van der Waals surface area contributed by atoms with Gasteiger partial charge in [-0.3, -0.25) is 14.4 Å². The molecule has 168 valence electrons. The number of phenolic OH excluding ortho intramolecular Hbond substituents is 1. The van der Waals surface area contributed by atoms with E-state index in [1.165, 1.54) is 12.1 Å². The Hall–Kier alpha value is -4.33. The van der Waals surface area contributed by atoms with Gasteiger partial charge in [0, 0.05) is 35.6 Å². The van der Waals surface area contributed by atoms with Crippen molar-refractivity contribution in [3.63, 3.8) is 0 Å². The lowest BCUT2D eigenvalue weighted by Crippen LogP contribution is -2.39. The molecule has 3 amide bonds. The zero-order valence-electron chi connectivity index (χ0n) is 17.9. The molecule has 33 heavy (non-hydrogen) atoms. The average Bonchev–Trinajstić information content (AvgIpc) is 3.34. The Labute approximate surface area is 191 Å². The predicted octanol–water partition coefficient (Wildman–Crippen LogP) is 2.68. The number of nitrogens with one attached hydrogen (secondary N) is 2. The Bertz CT molecular complexity index is 1150. The number of anilines is 2. The normalized spacial score (nSPS) is 13.0. The van der Waals surface area contributed by atoms with Crippen molar-refractivity contribution in [1.82, 2.24) is 10.2 Å². The Morgan fingerprint density at radius 1 is 0.818 bits per heavy atom. The first-order chi connectivity index (χ1) is 16.0. The van der Waals surface area contributed by atoms with Crippen LogP contribution in [-0.2, 0) is 4.79 Å². The zero-order chi connectivity index (χ0) is 23.2. The third-order valence-corrected chi connectivity index (χ3v) is 5.37. The average molecular weight is 444 g/mol. The van der Waals surface area contributed by atoms with Gasteiger partial charge in [-0.25, -0.2) is 0 Å². The van der Waals surface area contributed by atoms with Gasteiger partial charge in [0.15, 0.2) is 0 Å². The summed E-state index contributed by atoms with van der Waals surface area (Å²) in [6.45, 7) is 1.51. The molecule has 8 heteroatoms. The molecule has 0 spiro atoms. The molecule has 3 aromatic rings. The standard InChI is InChI=1S/C25H24N4O4/c30-22-8-4-7-19(15-22)24(32)26-16-23(31)29-14-13-28(17-29)21-11-9-20(10-12-21)27-25(33)18-5-2-1-3-6-18/h1-12,15,30H,13-14,16-17H2,(H,26,32)(H,27,33). The first kappa shape index (κ1) is 21.9. The summed E-state index contributed by atoms with van der Waals surface area (Å²) in [5.41, 5.74) is 2.51. The van der Waals surface area contributed by atoms with E-state index in [1.54, 1.807) is 29.2 Å². The molecule has 0 saturated carbocycles. The van der Waals surface area contributed by atoms with Gasteiger partial charge in [0.05, 0.1) is 13.2 Å². The number of benzene rings is 3. The largest absolute Gasteiger partial charge is 0.508 e. The van der Waals surface area contributed by atoms with Gasteiger partial charge in [-0.2, -0.15) is 0 Å². The third-order valence-electron chi connectivity index (χ3n) is 5.37. The van der Waals surface area contributed by atoms with E-state index in [1.807, 2.05) is 42.5 Å². The summed E-state index contributed by atoms with van der Waals surface area (Å²) in [5.74, 6) is -0.773. The Balaban J connectivity index is 1.28. The van der Waals surface area contributed by atoms with Gasteiger partial charge in [-0.1, -0.05) is 24.3 Å². The molecule has 0 aromatic heterocycles. The van der Waals surface area contributed by atoms with E-state index in [0.717, 1.165) is 5.69 Å². The van der Waals surface area contributed by atoms with E-state index in [4.69, 9.17) is 0 Å². The molecule has 4 rings (SSSR count). The number of hydrogen-bond donors (Lipinski definition) is 3. The monoisotopic (exact) mass is 444 g/mol. The topological polar surface area (TPSA) is 102 Å². The predicted molar refractivity (Wildman–Crippen MR) is 125 cm³/mol. The molecule has 1 aliphatic heterocycles. The number of carbonyl (C=O) groups excluding carboxylic acids is 3. The molecule has 3 aromatic carbocycles. The molecule has 1 saturated heterocycles. The van der Waals surface area contributed by atoms with Gasteiger partial charge < -0.3 is 25.5 Å². The number of aromatic hydroxyl groups is 1. The Morgan fingerprint density at radius 2 is 1.55 bits per heavy atom. The minimum atomic E-state index is -0.413. The van der Waals surface area contributed by atoms with Crippen LogP contribution >= 0.6 is 0 Å². The number of nitrogens with zero attached hydrogens (tertiary/aromatic N) is 2. The van der Waals surface area contributed by atoms with Crippen molar-refractivity contribution in [3.05, 3.63) is 90.0 Å². The molecule has 8 nitrogen and oxygen atoms in total. The number of amides is 3. The van der Waals surface area contributed by atoms with Crippen LogP contribution in [0.4, 0.5) is 11.4 Å². The lowest BCUT2D eigenvalue weighted by molar-refractivity contribution is -0.128. The molecule has 3 N–H and O–H groups in total. The summed E-state index contributed by atoms with van der Waals surface area (Å²) in [6.07, 6.45) is 0. The van der Waals surface area contributed by atoms with Crippen molar-refractivity contribution in [1.29, 1.82) is 0 Å². The van der Waals surface area contributed by atoms with Gasteiger partial charge in [0.1, 0.15) is 5.75 Å². The number of hydrogen-bond acceptors (Lipinski definition) is 5. The highest BCUT2D eigenvalue weighted by Crippen LogP contribution is 2.21. The van der Waals surface area contributed by atoms with Crippen LogP contribution in [0.5, 0.6) is 5.75 Å². The smallest absolute Gasteiger partial charge is 0.255 e. The summed E-state index contributed by atoms with van der Waals surface area (Å²) in [7, 11) is 0. The molecule has 1 heterocycles. The van der Waals surface area contributed by atoms with E-state index in [2.05, 4.69) is 15.5 Å². The highest BCUT2D eigenvalue weighted by Gasteiger charge is 2.24. The van der Waals surface area contributed by atoms with Crippen LogP contribution < -0.4 is 15.5 Å². The van der Waals surface area contributed by atoms with Crippen molar-refractivity contribution in [3.8, 4) is 5.75 Å². The summed E-state index contributed by atoms with van der Waals surface area (Å²) in [5, 5.41) is 14.9. The first-order valence-electron chi connectivity index (χ1n) is 10.6. The summed E-state index contributed by atoms with van der Waals surface area (Å²) < 4.78 is 0. The van der Waals surface area contributed by atoms with Gasteiger partial charge in [0.25, 0.3) is 11.8 Å². The SMILES string of the molecule is O=C(NCC(=O)N1CCN(c2ccc(NC(=O)c3ccccc3)cc2)C1)c1cccc(O)c1. The van der Waals surface area contributed by atoms with Crippen LogP contribution in [0.2, 0.25) is 0 Å². The van der Waals surface area contributed by atoms with Gasteiger partial charge >= 0.3 is 0 Å². The van der Waals surface area contributed by atoms with Crippen LogP contribution in [0.1, 0.15) is 20.7 Å². The summed E-state index contributed by atoms with van der Waals surface area (Å²) in [6, 6.07) is 22.4. The molecule has 0 unspecified atom stereocenters. The number of rotatable bonds is 6. The highest BCUT2D eigenvalue weighted by molar-refractivity contribution is 6.04. The van der Waals surface area contributed by atoms with Crippen molar-refractivity contribution < 1.29 is 19.5 Å². The van der Waals surface area contributed by atoms with E-state index in [0.29, 0.717) is 36.6 Å². The summed E-state index contributed by atoms with van der Waals surface area (Å²) in [4.78, 5) is 40.7. The van der Waals surface area contributed by atoms with Crippen molar-refractivity contribution in [2.45, 2.75) is 0 Å². The van der Waals surface area contributed by atoms with Gasteiger partial charge in [-0.15, -0.1) is 0 Å². The lowest BCUT2D eigenvalue weighted by atomic mass is 10.2. The van der Waals surface area contributed by atoms with Crippen LogP contribution in [0.25, 0.3) is 0 Å². The van der Waals surface area contributed by atoms with Gasteiger partial charge in [0.2, 0.25) is 5.91 Å². The highest BCUT2D eigenvalue weighted by atomic mass is 16.3. The fourth-order valence-electron chi connectivity index (χ4n) is 3.57. The molecule has 1 fully saturated rings. The second-order valence-corrected chi connectivity index (χ2v) is 7.66. The molecule has 0 aliphatic carbocycles. The minimum Gasteiger partial charge on any atom is -0.508 e. The van der Waals surface area contributed by atoms with Crippen molar-refractivity contribution >= 4 is 29.1 Å². The van der Waals surface area contributed by atoms with Crippen LogP contribution in [0, 0.1) is 0 Å². The molecule has 1 aliphatic rings. The van der Waals surface area contributed by atoms with Crippen LogP contribution in [-0.4, -0.2) is 54.0 Å². The summed E-state index contributed by atoms with van der Waals surface area (Å²) >= 11 is 0. The quantitative estimate of drug-likeness (QED) is 0.543. The molecule has 0 radical (unpaired) electrons. The second kappa shape index (κ2) is 9.86. The Kier molecular flexibility index (Phi) is 6.54. The number of phenols is 1. The maximum absolute atomic E-state index is 12.5. The number of carbonyl (C=O) groups is 3. The lowest BCUT2D eigenvalue weighted by Gasteiger charge is -2.20. The first-order valence-corrected chi connectivity index (χ1v) is 10.6. The molecular formula is C25H24N4O4. The van der Waals surface area contributed by atoms with Crippen LogP contribution in [0.3, 0.4) is 0 Å². The van der Waals surface area contributed by atoms with Gasteiger partial charge in [-0.05, 0) is 54.6 Å². The molecule has 0 bridgehead atoms. The van der Waals surface area contributed by atoms with Crippen LogP contribution in [0.15, 0.2) is 78.9 Å². The van der Waals surface area contributed by atoms with Crippen molar-refractivity contribution in [2.75, 3.05) is 36.5 Å². The zero-order valence-corrected chi connectivity index (χ0v) is 17.9. The van der Waals surface area contributed by atoms with E-state index < -0.39 is 5.91 Å². The third kappa shape index (κ3) is 5.48. The van der Waals surface area contributed by atoms with E-state index >= 15 is 0 Å². The van der Waals surface area contributed by atoms with E-state index in [-0.39, 0.29) is 24.1 Å². The maximum atomic E-state index is 12.5. The maximum Gasteiger partial charge on any atom is 0.255 e. The fourth-order valence-corrected chi connectivity index (χ4v) is 3.57. The second-order valence-electron chi connectivity index (χ2n) is 7.66. The Morgan fingerprint density at radius 3 is 2.27 bits per heavy atom. The molecule has 0 atom stereocenters. The molecular weight excluding hydrogens is 420 g/mol. The minimum absolute atomic E-state index is 0.00480. The fraction of sp³-hybridized carbons (Fsp3) is 0.160. The van der Waals surface area contributed by atoms with E-state index in [9.17, 15) is 19.5 Å².